The number of sulfonamides is 1. The minimum Gasteiger partial charge on any atom is -0.278 e. The second-order valence-electron chi connectivity index (χ2n) is 3.56. The first kappa shape index (κ1) is 14.1. The van der Waals surface area contributed by atoms with E-state index in [0.29, 0.717) is 0 Å². The lowest BCUT2D eigenvalue weighted by molar-refractivity contribution is 0.577. The molecule has 0 aromatic heterocycles. The van der Waals surface area contributed by atoms with Gasteiger partial charge in [-0.1, -0.05) is 0 Å². The van der Waals surface area contributed by atoms with E-state index >= 15 is 0 Å². The van der Waals surface area contributed by atoms with Gasteiger partial charge in [-0.15, -0.1) is 0 Å². The molecule has 1 rings (SSSR count). The number of nitrogens with one attached hydrogen (secondary N) is 2. The Morgan fingerprint density at radius 2 is 1.76 bits per heavy atom. The lowest BCUT2D eigenvalue weighted by Crippen LogP contribution is -2.14. The molecule has 0 aliphatic rings. The summed E-state index contributed by atoms with van der Waals surface area (Å²) in [5.41, 5.74) is -0.424. The molecule has 0 aliphatic carbocycles. The van der Waals surface area contributed by atoms with Gasteiger partial charge in [0.05, 0.1) is 6.26 Å². The quantitative estimate of drug-likeness (QED) is 0.833. The normalized spacial score (nSPS) is 13.5. The standard InChI is InChI=1S/C9H11ClF2N2O2S/c1-5(13-10)6-3-7(11)9(8(12)4-6)14-17(2,15)16/h3-5,13-14H,1-2H3/t5-/m1/s1. The summed E-state index contributed by atoms with van der Waals surface area (Å²) in [6, 6.07) is 1.56. The Labute approximate surface area is 103 Å². The SMILES string of the molecule is C[C@@H](NCl)c1cc(F)c(NS(C)(=O)=O)c(F)c1. The molecule has 17 heavy (non-hydrogen) atoms. The minimum absolute atomic E-state index is 0.272. The van der Waals surface area contributed by atoms with Crippen molar-refractivity contribution in [2.75, 3.05) is 11.0 Å². The van der Waals surface area contributed by atoms with Crippen LogP contribution in [0.15, 0.2) is 12.1 Å². The summed E-state index contributed by atoms with van der Waals surface area (Å²) < 4.78 is 50.6. The number of hydrogen-bond donors (Lipinski definition) is 2. The lowest BCUT2D eigenvalue weighted by Gasteiger charge is -2.12. The van der Waals surface area contributed by atoms with Crippen LogP contribution in [0.25, 0.3) is 0 Å². The highest BCUT2D eigenvalue weighted by atomic mass is 35.5. The van der Waals surface area contributed by atoms with Crippen molar-refractivity contribution in [2.24, 2.45) is 0 Å². The Hall–Kier alpha value is -0.920. The average Bonchev–Trinajstić information content (AvgIpc) is 2.20. The van der Waals surface area contributed by atoms with E-state index in [0.717, 1.165) is 18.4 Å². The van der Waals surface area contributed by atoms with Gasteiger partial charge >= 0.3 is 0 Å². The number of benzene rings is 1. The average molecular weight is 285 g/mol. The van der Waals surface area contributed by atoms with E-state index in [1.165, 1.54) is 0 Å². The topological polar surface area (TPSA) is 58.2 Å². The van der Waals surface area contributed by atoms with Gasteiger partial charge in [-0.05, 0) is 36.4 Å². The molecule has 1 aromatic carbocycles. The van der Waals surface area contributed by atoms with Crippen molar-refractivity contribution >= 4 is 27.5 Å². The second-order valence-corrected chi connectivity index (χ2v) is 5.53. The van der Waals surface area contributed by atoms with Crippen molar-refractivity contribution in [1.82, 2.24) is 4.84 Å². The Morgan fingerprint density at radius 3 is 2.12 bits per heavy atom. The monoisotopic (exact) mass is 284 g/mol. The highest BCUT2D eigenvalue weighted by molar-refractivity contribution is 7.92. The molecule has 0 radical (unpaired) electrons. The van der Waals surface area contributed by atoms with E-state index in [1.54, 1.807) is 11.6 Å². The minimum atomic E-state index is -3.73. The smallest absolute Gasteiger partial charge is 0.230 e. The first-order valence-electron chi connectivity index (χ1n) is 4.57. The number of rotatable bonds is 4. The van der Waals surface area contributed by atoms with Gasteiger partial charge in [-0.25, -0.2) is 22.0 Å². The third kappa shape index (κ3) is 3.79. The summed E-state index contributed by atoms with van der Waals surface area (Å²) in [5.74, 6) is -1.99. The molecule has 0 amide bonds. The molecule has 0 saturated heterocycles. The van der Waals surface area contributed by atoms with Gasteiger partial charge in [0, 0.05) is 6.04 Å². The first-order valence-corrected chi connectivity index (χ1v) is 6.84. The maximum Gasteiger partial charge on any atom is 0.230 e. The molecule has 4 nitrogen and oxygen atoms in total. The predicted octanol–water partition coefficient (Wildman–Crippen LogP) is 2.14. The highest BCUT2D eigenvalue weighted by Crippen LogP contribution is 2.25. The van der Waals surface area contributed by atoms with Crippen LogP contribution in [0.5, 0.6) is 0 Å². The number of hydrogen-bond acceptors (Lipinski definition) is 3. The van der Waals surface area contributed by atoms with Crippen molar-refractivity contribution in [3.63, 3.8) is 0 Å². The Balaban J connectivity index is 3.20. The van der Waals surface area contributed by atoms with Crippen molar-refractivity contribution < 1.29 is 17.2 Å². The van der Waals surface area contributed by atoms with Gasteiger partial charge in [0.1, 0.15) is 5.69 Å². The van der Waals surface area contributed by atoms with Gasteiger partial charge in [0.2, 0.25) is 10.0 Å². The van der Waals surface area contributed by atoms with Gasteiger partial charge in [-0.3, -0.25) is 4.72 Å². The van der Waals surface area contributed by atoms with Crippen LogP contribution in [-0.2, 0) is 10.0 Å². The fourth-order valence-electron chi connectivity index (χ4n) is 1.19. The number of anilines is 1. The molecule has 96 valence electrons. The first-order chi connectivity index (χ1) is 7.74. The van der Waals surface area contributed by atoms with Crippen molar-refractivity contribution in [1.29, 1.82) is 0 Å². The molecule has 1 atom stereocenters. The molecule has 0 bridgehead atoms. The van der Waals surface area contributed by atoms with Crippen molar-refractivity contribution in [2.45, 2.75) is 13.0 Å². The Bertz CT molecular complexity index is 499. The predicted molar refractivity (Wildman–Crippen MR) is 62.2 cm³/mol. The van der Waals surface area contributed by atoms with Gasteiger partial charge in [-0.2, -0.15) is 0 Å². The zero-order chi connectivity index (χ0) is 13.2. The lowest BCUT2D eigenvalue weighted by atomic mass is 10.1. The summed E-state index contributed by atoms with van der Waals surface area (Å²) in [5, 5.41) is 0. The molecule has 0 unspecified atom stereocenters. The van der Waals surface area contributed by atoms with Crippen LogP contribution < -0.4 is 9.56 Å². The van der Waals surface area contributed by atoms with Crippen molar-refractivity contribution in [3.8, 4) is 0 Å². The van der Waals surface area contributed by atoms with E-state index < -0.39 is 33.4 Å². The Kier molecular flexibility index (Phi) is 4.29. The zero-order valence-corrected chi connectivity index (χ0v) is 10.7. The third-order valence-electron chi connectivity index (χ3n) is 2.02. The van der Waals surface area contributed by atoms with E-state index in [2.05, 4.69) is 4.84 Å². The number of halogens is 3. The van der Waals surface area contributed by atoms with Crippen LogP contribution in [0, 0.1) is 11.6 Å². The van der Waals surface area contributed by atoms with Gasteiger partial charge in [0.25, 0.3) is 0 Å². The van der Waals surface area contributed by atoms with Gasteiger partial charge in [0.15, 0.2) is 11.6 Å². The molecule has 0 fully saturated rings. The van der Waals surface area contributed by atoms with Crippen LogP contribution in [0.1, 0.15) is 18.5 Å². The molecular weight excluding hydrogens is 274 g/mol. The maximum atomic E-state index is 13.5. The second kappa shape index (κ2) is 5.16. The van der Waals surface area contributed by atoms with Gasteiger partial charge < -0.3 is 0 Å². The van der Waals surface area contributed by atoms with E-state index in [4.69, 9.17) is 11.8 Å². The fourth-order valence-corrected chi connectivity index (χ4v) is 1.88. The molecule has 0 saturated carbocycles. The van der Waals surface area contributed by atoms with Crippen LogP contribution in [0.3, 0.4) is 0 Å². The largest absolute Gasteiger partial charge is 0.278 e. The molecular formula is C9H11ClF2N2O2S. The molecule has 0 heterocycles. The summed E-state index contributed by atoms with van der Waals surface area (Å²) >= 11 is 5.33. The molecule has 0 aliphatic heterocycles. The van der Waals surface area contributed by atoms with Crippen molar-refractivity contribution in [3.05, 3.63) is 29.3 Å². The third-order valence-corrected chi connectivity index (χ3v) is 2.92. The molecule has 8 heteroatoms. The van der Waals surface area contributed by atoms with E-state index in [1.807, 2.05) is 0 Å². The Morgan fingerprint density at radius 1 is 1.29 bits per heavy atom. The highest BCUT2D eigenvalue weighted by Gasteiger charge is 2.16. The fraction of sp³-hybridized carbons (Fsp3) is 0.333. The van der Waals surface area contributed by atoms with E-state index in [-0.39, 0.29) is 5.56 Å². The zero-order valence-electron chi connectivity index (χ0n) is 9.09. The summed E-state index contributed by atoms with van der Waals surface area (Å²) in [6.45, 7) is 1.60. The summed E-state index contributed by atoms with van der Waals surface area (Å²) in [4.78, 5) is 2.30. The van der Waals surface area contributed by atoms with E-state index in [9.17, 15) is 17.2 Å². The maximum absolute atomic E-state index is 13.5. The van der Waals surface area contributed by atoms with Crippen LogP contribution in [0.2, 0.25) is 0 Å². The molecule has 2 N–H and O–H groups in total. The van der Waals surface area contributed by atoms with Crippen LogP contribution >= 0.6 is 11.8 Å². The molecule has 0 spiro atoms. The molecule has 1 aromatic rings. The summed E-state index contributed by atoms with van der Waals surface area (Å²) in [6.07, 6.45) is 0.808. The summed E-state index contributed by atoms with van der Waals surface area (Å²) in [7, 11) is -3.73. The van der Waals surface area contributed by atoms with Crippen LogP contribution in [-0.4, -0.2) is 14.7 Å². The van der Waals surface area contributed by atoms with Crippen LogP contribution in [0.4, 0.5) is 14.5 Å².